The van der Waals surface area contributed by atoms with E-state index in [-0.39, 0.29) is 18.6 Å². The van der Waals surface area contributed by atoms with Crippen LogP contribution >= 0.6 is 0 Å². The Morgan fingerprint density at radius 2 is 2.00 bits per heavy atom. The van der Waals surface area contributed by atoms with Gasteiger partial charge in [0.15, 0.2) is 11.7 Å². The molecule has 0 amide bonds. The van der Waals surface area contributed by atoms with E-state index in [2.05, 4.69) is 0 Å². The molecule has 0 bridgehead atoms. The largest absolute Gasteiger partial charge is 0.474 e. The summed E-state index contributed by atoms with van der Waals surface area (Å²) in [7, 11) is -2.08. The Hall–Kier alpha value is -1.93. The van der Waals surface area contributed by atoms with E-state index in [4.69, 9.17) is 13.9 Å². The van der Waals surface area contributed by atoms with E-state index in [9.17, 15) is 19.5 Å². The lowest BCUT2D eigenvalue weighted by molar-refractivity contribution is -0.187. The first-order chi connectivity index (χ1) is 12.4. The predicted molar refractivity (Wildman–Crippen MR) is 100 cm³/mol. The van der Waals surface area contributed by atoms with Gasteiger partial charge in [0.25, 0.3) is 0 Å². The van der Waals surface area contributed by atoms with Gasteiger partial charge in [-0.05, 0) is 19.4 Å². The SMILES string of the molecule is CCOC(=O)[C@@H]1C[C@H](C)[C@@H](OC(C)=O)C(=O)[C@@]1(O)c1ccoc1[Si](C)(C)C. The maximum absolute atomic E-state index is 13.3. The summed E-state index contributed by atoms with van der Waals surface area (Å²) in [5.74, 6) is -3.51. The van der Waals surface area contributed by atoms with Crippen LogP contribution in [0, 0.1) is 11.8 Å². The van der Waals surface area contributed by atoms with Gasteiger partial charge in [0.05, 0.1) is 24.2 Å². The number of carbonyl (C=O) groups is 3. The van der Waals surface area contributed by atoms with Gasteiger partial charge in [0.1, 0.15) is 8.07 Å². The number of carbonyl (C=O) groups excluding carboxylic acids is 3. The number of Topliss-reactive ketones (excluding diaryl/α,β-unsaturated/α-hetero) is 1. The standard InChI is InChI=1S/C19H28O7Si/c1-7-24-17(22)14-10-11(2)15(26-12(3)20)16(21)19(14,23)13-8-9-25-18(13)27(4,5)6/h8-9,11,14-15,23H,7,10H2,1-6H3/t11-,14-,15+,19+/m0/s1. The van der Waals surface area contributed by atoms with Gasteiger partial charge in [-0.25, -0.2) is 0 Å². The normalized spacial score (nSPS) is 28.7. The third kappa shape index (κ3) is 3.86. The maximum atomic E-state index is 13.3. The van der Waals surface area contributed by atoms with Gasteiger partial charge in [0.2, 0.25) is 5.78 Å². The number of furan rings is 1. The van der Waals surface area contributed by atoms with Crippen LogP contribution in [-0.2, 0) is 29.5 Å². The first-order valence-electron chi connectivity index (χ1n) is 9.13. The molecule has 1 aromatic rings. The fraction of sp³-hybridized carbons (Fsp3) is 0.632. The van der Waals surface area contributed by atoms with Gasteiger partial charge in [-0.15, -0.1) is 0 Å². The molecule has 0 unspecified atom stereocenters. The second-order valence-electron chi connectivity index (χ2n) is 8.09. The molecule has 1 aliphatic carbocycles. The van der Waals surface area contributed by atoms with Crippen molar-refractivity contribution < 1.29 is 33.4 Å². The molecule has 7 nitrogen and oxygen atoms in total. The van der Waals surface area contributed by atoms with Crippen LogP contribution in [0.25, 0.3) is 0 Å². The molecule has 2 rings (SSSR count). The van der Waals surface area contributed by atoms with Crippen molar-refractivity contribution in [1.82, 2.24) is 0 Å². The van der Waals surface area contributed by atoms with Gasteiger partial charge < -0.3 is 19.0 Å². The summed E-state index contributed by atoms with van der Waals surface area (Å²) in [6.07, 6.45) is 0.424. The summed E-state index contributed by atoms with van der Waals surface area (Å²) in [5.41, 5.74) is -1.89. The fourth-order valence-electron chi connectivity index (χ4n) is 3.68. The Kier molecular flexibility index (Phi) is 6.01. The van der Waals surface area contributed by atoms with Crippen molar-refractivity contribution in [3.8, 4) is 0 Å². The second kappa shape index (κ2) is 7.59. The average molecular weight is 397 g/mol. The van der Waals surface area contributed by atoms with Crippen LogP contribution in [0.5, 0.6) is 0 Å². The Morgan fingerprint density at radius 3 is 2.52 bits per heavy atom. The molecule has 4 atom stereocenters. The molecule has 150 valence electrons. The van der Waals surface area contributed by atoms with Gasteiger partial charge in [-0.3, -0.25) is 14.4 Å². The monoisotopic (exact) mass is 396 g/mol. The molecule has 0 aromatic carbocycles. The number of hydrogen-bond donors (Lipinski definition) is 1. The molecule has 1 heterocycles. The molecule has 0 radical (unpaired) electrons. The third-order valence-corrected chi connectivity index (χ3v) is 6.63. The van der Waals surface area contributed by atoms with Crippen LogP contribution in [0.3, 0.4) is 0 Å². The smallest absolute Gasteiger partial charge is 0.312 e. The zero-order valence-electron chi connectivity index (χ0n) is 16.7. The molecule has 1 aromatic heterocycles. The van der Waals surface area contributed by atoms with Crippen LogP contribution in [0.1, 0.15) is 32.8 Å². The van der Waals surface area contributed by atoms with E-state index in [0.717, 1.165) is 0 Å². The molecular formula is C19H28O7Si. The van der Waals surface area contributed by atoms with E-state index in [0.29, 0.717) is 5.38 Å². The highest BCUT2D eigenvalue weighted by atomic mass is 28.3. The zero-order chi connectivity index (χ0) is 20.6. The first-order valence-corrected chi connectivity index (χ1v) is 12.6. The van der Waals surface area contributed by atoms with E-state index in [1.54, 1.807) is 13.8 Å². The van der Waals surface area contributed by atoms with Crippen molar-refractivity contribution in [2.24, 2.45) is 11.8 Å². The minimum absolute atomic E-state index is 0.133. The number of aliphatic hydroxyl groups is 1. The van der Waals surface area contributed by atoms with Gasteiger partial charge >= 0.3 is 11.9 Å². The molecule has 8 heteroatoms. The van der Waals surface area contributed by atoms with Crippen molar-refractivity contribution in [3.05, 3.63) is 17.9 Å². The number of esters is 2. The lowest BCUT2D eigenvalue weighted by Gasteiger charge is -2.43. The van der Waals surface area contributed by atoms with Crippen LogP contribution in [0.4, 0.5) is 0 Å². The summed E-state index contributed by atoms with van der Waals surface area (Å²) in [5, 5.41) is 12.2. The van der Waals surface area contributed by atoms with Crippen LogP contribution < -0.4 is 5.38 Å². The second-order valence-corrected chi connectivity index (χ2v) is 13.0. The van der Waals surface area contributed by atoms with Crippen LogP contribution in [0.2, 0.25) is 19.6 Å². The summed E-state index contributed by atoms with van der Waals surface area (Å²) >= 11 is 0. The number of rotatable bonds is 5. The van der Waals surface area contributed by atoms with Crippen LogP contribution in [-0.4, -0.2) is 43.6 Å². The quantitative estimate of drug-likeness (QED) is 0.597. The first kappa shape index (κ1) is 21.4. The summed E-state index contributed by atoms with van der Waals surface area (Å²) in [4.78, 5) is 37.4. The molecule has 27 heavy (non-hydrogen) atoms. The van der Waals surface area contributed by atoms with E-state index in [1.807, 2.05) is 19.6 Å². The molecule has 0 aliphatic heterocycles. The number of hydrogen-bond acceptors (Lipinski definition) is 7. The summed E-state index contributed by atoms with van der Waals surface area (Å²) in [6.45, 7) is 10.8. The zero-order valence-corrected chi connectivity index (χ0v) is 17.7. The molecule has 1 aliphatic rings. The minimum Gasteiger partial charge on any atom is -0.474 e. The average Bonchev–Trinajstić information content (AvgIpc) is 3.05. The highest BCUT2D eigenvalue weighted by Crippen LogP contribution is 2.43. The predicted octanol–water partition coefficient (Wildman–Crippen LogP) is 1.73. The van der Waals surface area contributed by atoms with E-state index >= 15 is 0 Å². The van der Waals surface area contributed by atoms with Gasteiger partial charge in [-0.1, -0.05) is 26.6 Å². The molecule has 1 saturated carbocycles. The van der Waals surface area contributed by atoms with Crippen LogP contribution in [0.15, 0.2) is 16.7 Å². The highest BCUT2D eigenvalue weighted by molar-refractivity contribution is 6.88. The lowest BCUT2D eigenvalue weighted by atomic mass is 9.66. The summed E-state index contributed by atoms with van der Waals surface area (Å²) < 4.78 is 16.0. The molecule has 1 fully saturated rings. The van der Waals surface area contributed by atoms with Gasteiger partial charge in [-0.2, -0.15) is 0 Å². The van der Waals surface area contributed by atoms with Crippen molar-refractivity contribution >= 4 is 31.2 Å². The summed E-state index contributed by atoms with van der Waals surface area (Å²) in [6, 6.07) is 1.53. The van der Waals surface area contributed by atoms with Crippen molar-refractivity contribution in [2.75, 3.05) is 6.61 Å². The maximum Gasteiger partial charge on any atom is 0.312 e. The van der Waals surface area contributed by atoms with Crippen molar-refractivity contribution in [2.45, 2.75) is 58.5 Å². The fourth-order valence-corrected chi connectivity index (χ4v) is 5.19. The topological polar surface area (TPSA) is 103 Å². The minimum atomic E-state index is -2.17. The number of ether oxygens (including phenoxy) is 2. The van der Waals surface area contributed by atoms with Crippen molar-refractivity contribution in [1.29, 1.82) is 0 Å². The third-order valence-electron chi connectivity index (χ3n) is 4.88. The Balaban J connectivity index is 2.63. The molecular weight excluding hydrogens is 368 g/mol. The molecule has 0 spiro atoms. The highest BCUT2D eigenvalue weighted by Gasteiger charge is 2.60. The molecule has 0 saturated heterocycles. The molecule has 1 N–H and O–H groups in total. The van der Waals surface area contributed by atoms with Gasteiger partial charge in [0, 0.05) is 18.4 Å². The number of ketones is 1. The van der Waals surface area contributed by atoms with E-state index < -0.39 is 49.3 Å². The van der Waals surface area contributed by atoms with E-state index in [1.165, 1.54) is 19.3 Å². The Bertz CT molecular complexity index is 733. The van der Waals surface area contributed by atoms with Crippen molar-refractivity contribution in [3.63, 3.8) is 0 Å². The Labute approximate surface area is 160 Å². The Morgan fingerprint density at radius 1 is 1.37 bits per heavy atom. The lowest BCUT2D eigenvalue weighted by Crippen LogP contribution is -2.60.